The first-order chi connectivity index (χ1) is 12.2. The molecule has 1 saturated heterocycles. The summed E-state index contributed by atoms with van der Waals surface area (Å²) in [6.45, 7) is 4.58. The topological polar surface area (TPSA) is 59.0 Å². The number of aryl methyl sites for hydroxylation is 1. The van der Waals surface area contributed by atoms with Gasteiger partial charge in [-0.25, -0.2) is 15.0 Å². The molecule has 4 rings (SSSR count). The van der Waals surface area contributed by atoms with Crippen molar-refractivity contribution in [3.05, 3.63) is 41.4 Å². The Hall–Kier alpha value is -2.18. The van der Waals surface area contributed by atoms with Crippen LogP contribution in [0.4, 0.5) is 0 Å². The fraction of sp³-hybridized carbons (Fsp3) is 0.368. The number of benzene rings is 1. The van der Waals surface area contributed by atoms with Gasteiger partial charge in [0.25, 0.3) is 0 Å². The van der Waals surface area contributed by atoms with E-state index in [0.29, 0.717) is 18.8 Å². The number of hydrogen-bond donors (Lipinski definition) is 0. The molecule has 0 aliphatic carbocycles. The van der Waals surface area contributed by atoms with Gasteiger partial charge in [0.1, 0.15) is 5.82 Å². The Bertz CT molecular complexity index is 915. The lowest BCUT2D eigenvalue weighted by molar-refractivity contribution is -0.119. The molecule has 0 spiro atoms. The second kappa shape index (κ2) is 6.98. The Balaban J connectivity index is 1.54. The van der Waals surface area contributed by atoms with Crippen molar-refractivity contribution in [1.82, 2.24) is 19.9 Å². The third kappa shape index (κ3) is 3.75. The van der Waals surface area contributed by atoms with Crippen molar-refractivity contribution in [3.63, 3.8) is 0 Å². The van der Waals surface area contributed by atoms with E-state index in [1.807, 2.05) is 25.4 Å². The second-order valence-electron chi connectivity index (χ2n) is 6.50. The van der Waals surface area contributed by atoms with Crippen molar-refractivity contribution in [2.24, 2.45) is 0 Å². The average Bonchev–Trinajstić information content (AvgIpc) is 3.26. The minimum atomic E-state index is 0.190. The van der Waals surface area contributed by atoms with Gasteiger partial charge in [0.05, 0.1) is 28.4 Å². The molecule has 1 aliphatic heterocycles. The third-order valence-electron chi connectivity index (χ3n) is 4.49. The predicted molar refractivity (Wildman–Crippen MR) is 99.8 cm³/mol. The van der Waals surface area contributed by atoms with Crippen molar-refractivity contribution in [3.8, 4) is 10.4 Å². The molecule has 0 amide bonds. The van der Waals surface area contributed by atoms with E-state index in [2.05, 4.69) is 32.0 Å². The quantitative estimate of drug-likeness (QED) is 0.705. The summed E-state index contributed by atoms with van der Waals surface area (Å²) in [5.41, 5.74) is 1.98. The Kier molecular flexibility index (Phi) is 4.55. The molecule has 0 N–H and O–H groups in total. The molecule has 3 heterocycles. The first-order valence-electron chi connectivity index (χ1n) is 8.60. The van der Waals surface area contributed by atoms with Crippen molar-refractivity contribution in [2.75, 3.05) is 19.6 Å². The van der Waals surface area contributed by atoms with Gasteiger partial charge in [0.15, 0.2) is 5.78 Å². The summed E-state index contributed by atoms with van der Waals surface area (Å²) in [6, 6.07) is 6.14. The Morgan fingerprint density at radius 2 is 2.04 bits per heavy atom. The molecule has 5 nitrogen and oxygen atoms in total. The summed E-state index contributed by atoms with van der Waals surface area (Å²) < 4.78 is 0. The normalized spacial score (nSPS) is 15.1. The van der Waals surface area contributed by atoms with Gasteiger partial charge in [-0.1, -0.05) is 12.1 Å². The molecule has 1 aliphatic rings. The van der Waals surface area contributed by atoms with Crippen LogP contribution in [0, 0.1) is 6.92 Å². The van der Waals surface area contributed by atoms with E-state index in [4.69, 9.17) is 0 Å². The lowest BCUT2D eigenvalue weighted by Gasteiger charge is -2.12. The molecule has 0 atom stereocenters. The molecule has 0 saturated carbocycles. The van der Waals surface area contributed by atoms with Gasteiger partial charge in [-0.3, -0.25) is 9.69 Å². The fourth-order valence-corrected chi connectivity index (χ4v) is 3.99. The molecule has 0 bridgehead atoms. The number of fused-ring (bicyclic) bond motifs is 1. The highest BCUT2D eigenvalue weighted by molar-refractivity contribution is 7.15. The second-order valence-corrected chi connectivity index (χ2v) is 7.74. The van der Waals surface area contributed by atoms with Crippen molar-refractivity contribution in [1.29, 1.82) is 0 Å². The molecule has 3 aromatic rings. The third-order valence-corrected chi connectivity index (χ3v) is 5.45. The van der Waals surface area contributed by atoms with E-state index < -0.39 is 0 Å². The number of carbonyl (C=O) groups is 1. The van der Waals surface area contributed by atoms with Gasteiger partial charge in [0, 0.05) is 17.8 Å². The number of hydrogen-bond acceptors (Lipinski definition) is 6. The summed E-state index contributed by atoms with van der Waals surface area (Å²) in [6.07, 6.45) is 6.39. The lowest BCUT2D eigenvalue weighted by Crippen LogP contribution is -2.28. The molecule has 128 valence electrons. The molecule has 25 heavy (non-hydrogen) atoms. The number of ketones is 1. The monoisotopic (exact) mass is 352 g/mol. The predicted octanol–water partition coefficient (Wildman–Crippen LogP) is 3.27. The summed E-state index contributed by atoms with van der Waals surface area (Å²) in [5, 5.41) is 2.03. The Morgan fingerprint density at radius 1 is 1.20 bits per heavy atom. The van der Waals surface area contributed by atoms with E-state index in [1.54, 1.807) is 11.3 Å². The maximum absolute atomic E-state index is 12.3. The van der Waals surface area contributed by atoms with Crippen molar-refractivity contribution < 1.29 is 4.79 Å². The van der Waals surface area contributed by atoms with Crippen LogP contribution in [0.1, 0.15) is 23.7 Å². The number of thiazole rings is 1. The van der Waals surface area contributed by atoms with E-state index in [1.165, 1.54) is 12.8 Å². The van der Waals surface area contributed by atoms with Crippen LogP contribution in [0.3, 0.4) is 0 Å². The van der Waals surface area contributed by atoms with Crippen molar-refractivity contribution in [2.45, 2.75) is 26.2 Å². The number of nitrogens with zero attached hydrogens (tertiary/aromatic N) is 4. The van der Waals surface area contributed by atoms with Crippen molar-refractivity contribution >= 4 is 28.0 Å². The van der Waals surface area contributed by atoms with E-state index >= 15 is 0 Å². The fourth-order valence-electron chi connectivity index (χ4n) is 3.22. The SMILES string of the molecule is Cc1ncc(-c2ccc3cnc(CC(=O)CN4CCCC4)nc3c2)s1. The summed E-state index contributed by atoms with van der Waals surface area (Å²) >= 11 is 1.67. The van der Waals surface area contributed by atoms with Gasteiger partial charge >= 0.3 is 0 Å². The number of carbonyl (C=O) groups excluding carboxylic acids is 1. The first kappa shape index (κ1) is 16.3. The van der Waals surface area contributed by atoms with E-state index in [0.717, 1.165) is 39.4 Å². The maximum Gasteiger partial charge on any atom is 0.154 e. The molecular formula is C19H20N4OS. The standard InChI is InChI=1S/C19H20N4OS/c1-13-20-11-18(25-13)14-4-5-15-10-21-19(22-17(15)8-14)9-16(24)12-23-6-2-3-7-23/h4-5,8,10-11H,2-3,6-7,9,12H2,1H3. The molecule has 1 fully saturated rings. The first-order valence-corrected chi connectivity index (χ1v) is 9.41. The van der Waals surface area contributed by atoms with Gasteiger partial charge in [0.2, 0.25) is 0 Å². The number of aromatic nitrogens is 3. The smallest absolute Gasteiger partial charge is 0.154 e. The van der Waals surface area contributed by atoms with Crippen LogP contribution in [-0.4, -0.2) is 45.3 Å². The largest absolute Gasteiger partial charge is 0.298 e. The molecule has 1 aromatic carbocycles. The number of rotatable bonds is 5. The van der Waals surface area contributed by atoms with E-state index in [9.17, 15) is 4.79 Å². The Labute approximate surface area is 150 Å². The minimum absolute atomic E-state index is 0.190. The Morgan fingerprint density at radius 3 is 2.80 bits per heavy atom. The highest BCUT2D eigenvalue weighted by atomic mass is 32.1. The van der Waals surface area contributed by atoms with Crippen LogP contribution >= 0.6 is 11.3 Å². The zero-order valence-electron chi connectivity index (χ0n) is 14.2. The number of Topliss-reactive ketones (excluding diaryl/α,β-unsaturated/α-hetero) is 1. The van der Waals surface area contributed by atoms with E-state index in [-0.39, 0.29) is 5.78 Å². The lowest BCUT2D eigenvalue weighted by atomic mass is 10.1. The van der Waals surface area contributed by atoms with Gasteiger partial charge < -0.3 is 0 Å². The zero-order valence-corrected chi connectivity index (χ0v) is 15.1. The molecule has 0 unspecified atom stereocenters. The van der Waals surface area contributed by atoms with Crippen LogP contribution in [0.5, 0.6) is 0 Å². The summed E-state index contributed by atoms with van der Waals surface area (Å²) in [4.78, 5) is 28.9. The van der Waals surface area contributed by atoms with Gasteiger partial charge in [-0.2, -0.15) is 0 Å². The van der Waals surface area contributed by atoms with Crippen LogP contribution < -0.4 is 0 Å². The summed E-state index contributed by atoms with van der Waals surface area (Å²) in [7, 11) is 0. The van der Waals surface area contributed by atoms with Gasteiger partial charge in [-0.15, -0.1) is 11.3 Å². The molecule has 0 radical (unpaired) electrons. The highest BCUT2D eigenvalue weighted by Crippen LogP contribution is 2.28. The van der Waals surface area contributed by atoms with Crippen LogP contribution in [0.25, 0.3) is 21.3 Å². The molecular weight excluding hydrogens is 332 g/mol. The maximum atomic E-state index is 12.3. The van der Waals surface area contributed by atoms with Gasteiger partial charge in [-0.05, 0) is 44.5 Å². The molecule has 2 aromatic heterocycles. The van der Waals surface area contributed by atoms with Crippen LogP contribution in [0.2, 0.25) is 0 Å². The zero-order chi connectivity index (χ0) is 17.2. The minimum Gasteiger partial charge on any atom is -0.298 e. The number of likely N-dealkylation sites (tertiary alicyclic amines) is 1. The van der Waals surface area contributed by atoms with Crippen LogP contribution in [0.15, 0.2) is 30.6 Å². The van der Waals surface area contributed by atoms with Crippen LogP contribution in [-0.2, 0) is 11.2 Å². The average molecular weight is 352 g/mol. The highest BCUT2D eigenvalue weighted by Gasteiger charge is 2.16. The molecule has 6 heteroatoms. The summed E-state index contributed by atoms with van der Waals surface area (Å²) in [5.74, 6) is 0.796.